The summed E-state index contributed by atoms with van der Waals surface area (Å²) >= 11 is 0. The fraction of sp³-hybridized carbons (Fsp3) is 0.182. The van der Waals surface area contributed by atoms with Crippen molar-refractivity contribution in [3.63, 3.8) is 0 Å². The lowest BCUT2D eigenvalue weighted by molar-refractivity contribution is 0.475. The second-order valence-corrected chi connectivity index (χ2v) is 5.76. The maximum Gasteiger partial charge on any atom is 0.265 e. The van der Waals surface area contributed by atoms with Gasteiger partial charge in [-0.2, -0.15) is 5.10 Å². The first-order valence-corrected chi connectivity index (χ1v) is 6.92. The number of hydrogen-bond donors (Lipinski definition) is 4. The van der Waals surface area contributed by atoms with E-state index in [2.05, 4.69) is 14.9 Å². The summed E-state index contributed by atoms with van der Waals surface area (Å²) in [5.41, 5.74) is 6.82. The van der Waals surface area contributed by atoms with Crippen molar-refractivity contribution in [3.05, 3.63) is 29.6 Å². The molecule has 102 valence electrons. The minimum atomic E-state index is -3.77. The van der Waals surface area contributed by atoms with E-state index in [1.807, 2.05) is 0 Å². The molecule has 0 spiro atoms. The standard InChI is InChI=1S/C11H14N4O3S/c1-6-11(7(2)14-13-6)19(17,18)15-10-4-3-8(16)5-9(10)12/h3-5,15-16H,12H2,1-2H3,(H,13,14). The Balaban J connectivity index is 2.42. The van der Waals surface area contributed by atoms with Crippen LogP contribution in [0.2, 0.25) is 0 Å². The first kappa shape index (κ1) is 13.2. The number of hydrogen-bond acceptors (Lipinski definition) is 5. The highest BCUT2D eigenvalue weighted by Gasteiger charge is 2.22. The van der Waals surface area contributed by atoms with Gasteiger partial charge in [-0.1, -0.05) is 0 Å². The number of nitrogens with zero attached hydrogens (tertiary/aromatic N) is 1. The third-order valence-electron chi connectivity index (χ3n) is 2.61. The number of sulfonamides is 1. The minimum absolute atomic E-state index is 0.0314. The van der Waals surface area contributed by atoms with Gasteiger partial charge in [-0.05, 0) is 26.0 Å². The lowest BCUT2D eigenvalue weighted by Crippen LogP contribution is -2.15. The first-order valence-electron chi connectivity index (χ1n) is 5.44. The third kappa shape index (κ3) is 2.48. The van der Waals surface area contributed by atoms with Crippen LogP contribution in [0.15, 0.2) is 23.1 Å². The molecule has 5 N–H and O–H groups in total. The lowest BCUT2D eigenvalue weighted by atomic mass is 10.2. The summed E-state index contributed by atoms with van der Waals surface area (Å²) in [5.74, 6) is -0.0314. The topological polar surface area (TPSA) is 121 Å². The molecular weight excluding hydrogens is 268 g/mol. The van der Waals surface area contributed by atoms with Crippen LogP contribution in [0.5, 0.6) is 5.75 Å². The predicted molar refractivity (Wildman–Crippen MR) is 71.4 cm³/mol. The molecule has 1 aromatic carbocycles. The number of benzene rings is 1. The largest absolute Gasteiger partial charge is 0.508 e. The average Bonchev–Trinajstić information content (AvgIpc) is 2.63. The quantitative estimate of drug-likeness (QED) is 0.496. The predicted octanol–water partition coefficient (Wildman–Crippen LogP) is 1.12. The van der Waals surface area contributed by atoms with Gasteiger partial charge in [0.15, 0.2) is 0 Å². The van der Waals surface area contributed by atoms with Crippen molar-refractivity contribution in [2.45, 2.75) is 18.7 Å². The molecule has 0 bridgehead atoms. The molecule has 1 heterocycles. The van der Waals surface area contributed by atoms with E-state index in [1.54, 1.807) is 13.8 Å². The molecule has 0 unspecified atom stereocenters. The van der Waals surface area contributed by atoms with Gasteiger partial charge in [0.2, 0.25) is 0 Å². The van der Waals surface area contributed by atoms with Crippen molar-refractivity contribution >= 4 is 21.4 Å². The normalized spacial score (nSPS) is 11.5. The summed E-state index contributed by atoms with van der Waals surface area (Å²) in [6.45, 7) is 3.22. The molecule has 2 aromatic rings. The summed E-state index contributed by atoms with van der Waals surface area (Å²) in [5, 5.41) is 15.7. The molecule has 0 aliphatic rings. The summed E-state index contributed by atoms with van der Waals surface area (Å²) < 4.78 is 26.9. The Morgan fingerprint density at radius 3 is 2.58 bits per heavy atom. The van der Waals surface area contributed by atoms with E-state index >= 15 is 0 Å². The number of aromatic amines is 1. The molecule has 0 saturated carbocycles. The number of aryl methyl sites for hydroxylation is 2. The summed E-state index contributed by atoms with van der Waals surface area (Å²) in [7, 11) is -3.77. The molecule has 0 fully saturated rings. The Morgan fingerprint density at radius 1 is 1.37 bits per heavy atom. The number of phenols is 1. The molecule has 0 radical (unpaired) electrons. The summed E-state index contributed by atoms with van der Waals surface area (Å²) in [6, 6.07) is 4.02. The zero-order chi connectivity index (χ0) is 14.2. The number of aromatic nitrogens is 2. The molecule has 2 rings (SSSR count). The molecule has 8 heteroatoms. The number of aromatic hydroxyl groups is 1. The highest BCUT2D eigenvalue weighted by Crippen LogP contribution is 2.27. The zero-order valence-electron chi connectivity index (χ0n) is 10.4. The molecule has 0 amide bonds. The second kappa shape index (κ2) is 4.47. The van der Waals surface area contributed by atoms with Gasteiger partial charge in [-0.3, -0.25) is 9.82 Å². The number of nitrogens with one attached hydrogen (secondary N) is 2. The molecule has 0 saturated heterocycles. The second-order valence-electron chi connectivity index (χ2n) is 4.14. The Bertz CT molecular complexity index is 702. The fourth-order valence-electron chi connectivity index (χ4n) is 1.78. The highest BCUT2D eigenvalue weighted by atomic mass is 32.2. The van der Waals surface area contributed by atoms with Gasteiger partial charge < -0.3 is 10.8 Å². The van der Waals surface area contributed by atoms with E-state index in [4.69, 9.17) is 5.73 Å². The fourth-order valence-corrected chi connectivity index (χ4v) is 3.24. The van der Waals surface area contributed by atoms with E-state index < -0.39 is 10.0 Å². The SMILES string of the molecule is Cc1n[nH]c(C)c1S(=O)(=O)Nc1ccc(O)cc1N. The van der Waals surface area contributed by atoms with Crippen LogP contribution in [-0.2, 0) is 10.0 Å². The van der Waals surface area contributed by atoms with Gasteiger partial charge >= 0.3 is 0 Å². The van der Waals surface area contributed by atoms with Crippen LogP contribution < -0.4 is 10.5 Å². The Labute approximate surface area is 110 Å². The molecule has 0 aliphatic carbocycles. The Kier molecular flexibility index (Phi) is 3.11. The minimum Gasteiger partial charge on any atom is -0.508 e. The third-order valence-corrected chi connectivity index (χ3v) is 4.24. The van der Waals surface area contributed by atoms with Crippen LogP contribution in [0, 0.1) is 13.8 Å². The van der Waals surface area contributed by atoms with Crippen LogP contribution in [0.25, 0.3) is 0 Å². The molecule has 0 atom stereocenters. The zero-order valence-corrected chi connectivity index (χ0v) is 11.2. The molecule has 7 nitrogen and oxygen atoms in total. The Morgan fingerprint density at radius 2 is 2.05 bits per heavy atom. The number of phenolic OH excluding ortho intramolecular Hbond substituents is 1. The smallest absolute Gasteiger partial charge is 0.265 e. The van der Waals surface area contributed by atoms with Crippen molar-refractivity contribution in [1.82, 2.24) is 10.2 Å². The van der Waals surface area contributed by atoms with Gasteiger partial charge in [-0.25, -0.2) is 8.42 Å². The van der Waals surface area contributed by atoms with Crippen LogP contribution >= 0.6 is 0 Å². The number of H-pyrrole nitrogens is 1. The monoisotopic (exact) mass is 282 g/mol. The van der Waals surface area contributed by atoms with Crippen molar-refractivity contribution in [3.8, 4) is 5.75 Å². The van der Waals surface area contributed by atoms with Gasteiger partial charge in [0.25, 0.3) is 10.0 Å². The van der Waals surface area contributed by atoms with Crippen LogP contribution in [0.1, 0.15) is 11.4 Å². The summed E-state index contributed by atoms with van der Waals surface area (Å²) in [6.07, 6.45) is 0. The maximum atomic E-state index is 12.3. The van der Waals surface area contributed by atoms with Crippen LogP contribution in [0.3, 0.4) is 0 Å². The average molecular weight is 282 g/mol. The molecule has 1 aromatic heterocycles. The molecular formula is C11H14N4O3S. The maximum absolute atomic E-state index is 12.3. The van der Waals surface area contributed by atoms with Crippen molar-refractivity contribution in [2.75, 3.05) is 10.5 Å². The van der Waals surface area contributed by atoms with E-state index in [0.29, 0.717) is 11.4 Å². The molecule has 0 aliphatic heterocycles. The van der Waals surface area contributed by atoms with Crippen molar-refractivity contribution < 1.29 is 13.5 Å². The summed E-state index contributed by atoms with van der Waals surface area (Å²) in [4.78, 5) is 0.0972. The van der Waals surface area contributed by atoms with Gasteiger partial charge in [0.05, 0.1) is 22.8 Å². The van der Waals surface area contributed by atoms with E-state index in [9.17, 15) is 13.5 Å². The number of nitrogen functional groups attached to an aromatic ring is 1. The van der Waals surface area contributed by atoms with E-state index in [-0.39, 0.29) is 22.0 Å². The number of anilines is 2. The lowest BCUT2D eigenvalue weighted by Gasteiger charge is -2.10. The number of nitrogens with two attached hydrogens (primary N) is 1. The highest BCUT2D eigenvalue weighted by molar-refractivity contribution is 7.92. The van der Waals surface area contributed by atoms with Gasteiger partial charge in [0.1, 0.15) is 10.6 Å². The first-order chi connectivity index (χ1) is 8.81. The van der Waals surface area contributed by atoms with Crippen molar-refractivity contribution in [2.24, 2.45) is 0 Å². The van der Waals surface area contributed by atoms with Crippen molar-refractivity contribution in [1.29, 1.82) is 0 Å². The number of rotatable bonds is 3. The molecule has 19 heavy (non-hydrogen) atoms. The van der Waals surface area contributed by atoms with Gasteiger partial charge in [0, 0.05) is 6.07 Å². The van der Waals surface area contributed by atoms with E-state index in [1.165, 1.54) is 18.2 Å². The van der Waals surface area contributed by atoms with Crippen LogP contribution in [0.4, 0.5) is 11.4 Å². The van der Waals surface area contributed by atoms with Gasteiger partial charge in [-0.15, -0.1) is 0 Å². The van der Waals surface area contributed by atoms with Crippen LogP contribution in [-0.4, -0.2) is 23.7 Å². The Hall–Kier alpha value is -2.22. The van der Waals surface area contributed by atoms with E-state index in [0.717, 1.165) is 0 Å².